The van der Waals surface area contributed by atoms with Crippen molar-refractivity contribution in [3.05, 3.63) is 23.8 Å². The Bertz CT molecular complexity index is 402. The number of nitrogens with zero attached hydrogens (tertiary/aromatic N) is 1. The van der Waals surface area contributed by atoms with Gasteiger partial charge in [0, 0.05) is 6.54 Å². The standard InChI is InChI=1S/C15H23NO3/c1-3-7-16(8-4-2)10-13(17)12-5-6-14-15(9-12)19-11-18-14/h5-6,9,13,17H,3-4,7-8,10-11H2,1-2H3/t13-/m1/s1. The first-order valence-corrected chi connectivity index (χ1v) is 7.04. The number of ether oxygens (including phenoxy) is 2. The molecule has 2 rings (SSSR count). The van der Waals surface area contributed by atoms with Gasteiger partial charge >= 0.3 is 0 Å². The van der Waals surface area contributed by atoms with Gasteiger partial charge in [0.1, 0.15) is 0 Å². The Morgan fingerprint density at radius 2 is 1.84 bits per heavy atom. The topological polar surface area (TPSA) is 41.9 Å². The fourth-order valence-corrected chi connectivity index (χ4v) is 2.40. The van der Waals surface area contributed by atoms with Gasteiger partial charge in [-0.05, 0) is 43.6 Å². The fourth-order valence-electron chi connectivity index (χ4n) is 2.40. The summed E-state index contributed by atoms with van der Waals surface area (Å²) in [5.74, 6) is 1.49. The van der Waals surface area contributed by atoms with Gasteiger partial charge in [-0.3, -0.25) is 0 Å². The second kappa shape index (κ2) is 6.78. The third-order valence-corrected chi connectivity index (χ3v) is 3.29. The number of benzene rings is 1. The van der Waals surface area contributed by atoms with Crippen molar-refractivity contribution in [3.8, 4) is 11.5 Å². The van der Waals surface area contributed by atoms with Crippen molar-refractivity contribution in [2.75, 3.05) is 26.4 Å². The van der Waals surface area contributed by atoms with Crippen LogP contribution in [0, 0.1) is 0 Å². The number of fused-ring (bicyclic) bond motifs is 1. The lowest BCUT2D eigenvalue weighted by atomic mass is 10.1. The molecule has 4 heteroatoms. The first-order valence-electron chi connectivity index (χ1n) is 7.04. The smallest absolute Gasteiger partial charge is 0.231 e. The van der Waals surface area contributed by atoms with E-state index in [-0.39, 0.29) is 6.79 Å². The molecule has 1 heterocycles. The average Bonchev–Trinajstić information content (AvgIpc) is 2.86. The highest BCUT2D eigenvalue weighted by Gasteiger charge is 2.18. The summed E-state index contributed by atoms with van der Waals surface area (Å²) in [6.07, 6.45) is 1.73. The van der Waals surface area contributed by atoms with Crippen LogP contribution in [0.3, 0.4) is 0 Å². The lowest BCUT2D eigenvalue weighted by Gasteiger charge is -2.24. The third-order valence-electron chi connectivity index (χ3n) is 3.29. The Balaban J connectivity index is 2.00. The van der Waals surface area contributed by atoms with E-state index in [1.54, 1.807) is 0 Å². The minimum atomic E-state index is -0.479. The molecule has 0 aliphatic carbocycles. The largest absolute Gasteiger partial charge is 0.454 e. The van der Waals surface area contributed by atoms with E-state index in [0.29, 0.717) is 6.54 Å². The van der Waals surface area contributed by atoms with Gasteiger partial charge in [0.25, 0.3) is 0 Å². The first-order chi connectivity index (χ1) is 9.24. The van der Waals surface area contributed by atoms with Gasteiger partial charge in [0.2, 0.25) is 6.79 Å². The summed E-state index contributed by atoms with van der Waals surface area (Å²) in [5.41, 5.74) is 0.890. The summed E-state index contributed by atoms with van der Waals surface area (Å²) in [6.45, 7) is 7.31. The number of hydrogen-bond donors (Lipinski definition) is 1. The predicted molar refractivity (Wildman–Crippen MR) is 74.5 cm³/mol. The minimum Gasteiger partial charge on any atom is -0.454 e. The van der Waals surface area contributed by atoms with Gasteiger partial charge in [-0.1, -0.05) is 19.9 Å². The number of aliphatic hydroxyl groups excluding tert-OH is 1. The summed E-state index contributed by atoms with van der Waals surface area (Å²) < 4.78 is 10.6. The molecule has 0 unspecified atom stereocenters. The van der Waals surface area contributed by atoms with Crippen molar-refractivity contribution in [1.29, 1.82) is 0 Å². The van der Waals surface area contributed by atoms with Crippen LogP contribution < -0.4 is 9.47 Å². The third kappa shape index (κ3) is 3.61. The normalized spacial score (nSPS) is 14.9. The molecule has 4 nitrogen and oxygen atoms in total. The van der Waals surface area contributed by atoms with Crippen LogP contribution in [-0.4, -0.2) is 36.4 Å². The molecule has 0 radical (unpaired) electrons. The highest BCUT2D eigenvalue weighted by Crippen LogP contribution is 2.34. The Morgan fingerprint density at radius 3 is 2.53 bits per heavy atom. The highest BCUT2D eigenvalue weighted by molar-refractivity contribution is 5.45. The van der Waals surface area contributed by atoms with Crippen LogP contribution in [0.5, 0.6) is 11.5 Å². The molecule has 19 heavy (non-hydrogen) atoms. The maximum atomic E-state index is 10.3. The van der Waals surface area contributed by atoms with Gasteiger partial charge in [-0.2, -0.15) is 0 Å². The molecule has 0 aromatic heterocycles. The molecular weight excluding hydrogens is 242 g/mol. The quantitative estimate of drug-likeness (QED) is 0.822. The number of aliphatic hydroxyl groups is 1. The SMILES string of the molecule is CCCN(CCC)C[C@@H](O)c1ccc2c(c1)OCO2. The fraction of sp³-hybridized carbons (Fsp3) is 0.600. The van der Waals surface area contributed by atoms with E-state index in [1.807, 2.05) is 18.2 Å². The monoisotopic (exact) mass is 265 g/mol. The van der Waals surface area contributed by atoms with Crippen LogP contribution in [-0.2, 0) is 0 Å². The summed E-state index contributed by atoms with van der Waals surface area (Å²) in [7, 11) is 0. The van der Waals surface area contributed by atoms with E-state index >= 15 is 0 Å². The van der Waals surface area contributed by atoms with Crippen molar-refractivity contribution < 1.29 is 14.6 Å². The Kier molecular flexibility index (Phi) is 5.05. The van der Waals surface area contributed by atoms with Crippen LogP contribution in [0.2, 0.25) is 0 Å². The van der Waals surface area contributed by atoms with E-state index < -0.39 is 6.10 Å². The maximum absolute atomic E-state index is 10.3. The van der Waals surface area contributed by atoms with Crippen molar-refractivity contribution in [1.82, 2.24) is 4.90 Å². The minimum absolute atomic E-state index is 0.271. The van der Waals surface area contributed by atoms with E-state index in [2.05, 4.69) is 18.7 Å². The lowest BCUT2D eigenvalue weighted by molar-refractivity contribution is 0.112. The molecule has 1 aromatic rings. The van der Waals surface area contributed by atoms with Crippen LogP contribution in [0.25, 0.3) is 0 Å². The van der Waals surface area contributed by atoms with Gasteiger partial charge in [-0.25, -0.2) is 0 Å². The molecule has 1 N–H and O–H groups in total. The summed E-state index contributed by atoms with van der Waals surface area (Å²) in [6, 6.07) is 5.65. The average molecular weight is 265 g/mol. The molecule has 106 valence electrons. The lowest BCUT2D eigenvalue weighted by Crippen LogP contribution is -2.30. The number of rotatable bonds is 7. The summed E-state index contributed by atoms with van der Waals surface area (Å²) in [4.78, 5) is 2.30. The van der Waals surface area contributed by atoms with Crippen LogP contribution >= 0.6 is 0 Å². The molecule has 0 spiro atoms. The van der Waals surface area contributed by atoms with Crippen molar-refractivity contribution >= 4 is 0 Å². The predicted octanol–water partition coefficient (Wildman–Crippen LogP) is 2.57. The molecule has 0 amide bonds. The molecule has 1 aliphatic heterocycles. The van der Waals surface area contributed by atoms with Crippen LogP contribution in [0.1, 0.15) is 38.4 Å². The molecule has 0 saturated carbocycles. The van der Waals surface area contributed by atoms with Crippen LogP contribution in [0.4, 0.5) is 0 Å². The van der Waals surface area contributed by atoms with Crippen molar-refractivity contribution in [2.45, 2.75) is 32.8 Å². The Hall–Kier alpha value is -1.26. The second-order valence-corrected chi connectivity index (χ2v) is 4.93. The summed E-state index contributed by atoms with van der Waals surface area (Å²) in [5, 5.41) is 10.3. The molecule has 0 bridgehead atoms. The van der Waals surface area contributed by atoms with Crippen molar-refractivity contribution in [2.24, 2.45) is 0 Å². The molecule has 1 aromatic carbocycles. The highest BCUT2D eigenvalue weighted by atomic mass is 16.7. The second-order valence-electron chi connectivity index (χ2n) is 4.93. The van der Waals surface area contributed by atoms with E-state index in [0.717, 1.165) is 43.0 Å². The number of hydrogen-bond acceptors (Lipinski definition) is 4. The van der Waals surface area contributed by atoms with Gasteiger partial charge < -0.3 is 19.5 Å². The first kappa shape index (κ1) is 14.2. The molecule has 1 atom stereocenters. The van der Waals surface area contributed by atoms with Crippen molar-refractivity contribution in [3.63, 3.8) is 0 Å². The maximum Gasteiger partial charge on any atom is 0.231 e. The van der Waals surface area contributed by atoms with Crippen LogP contribution in [0.15, 0.2) is 18.2 Å². The van der Waals surface area contributed by atoms with Gasteiger partial charge in [-0.15, -0.1) is 0 Å². The molecule has 0 fully saturated rings. The van der Waals surface area contributed by atoms with E-state index in [9.17, 15) is 5.11 Å². The Labute approximate surface area is 114 Å². The van der Waals surface area contributed by atoms with E-state index in [4.69, 9.17) is 9.47 Å². The van der Waals surface area contributed by atoms with E-state index in [1.165, 1.54) is 0 Å². The Morgan fingerprint density at radius 1 is 1.16 bits per heavy atom. The van der Waals surface area contributed by atoms with Gasteiger partial charge in [0.15, 0.2) is 11.5 Å². The molecule has 0 saturated heterocycles. The molecule has 1 aliphatic rings. The zero-order chi connectivity index (χ0) is 13.7. The zero-order valence-electron chi connectivity index (χ0n) is 11.8. The molecular formula is C15H23NO3. The summed E-state index contributed by atoms with van der Waals surface area (Å²) >= 11 is 0. The zero-order valence-corrected chi connectivity index (χ0v) is 11.8. The van der Waals surface area contributed by atoms with Gasteiger partial charge in [0.05, 0.1) is 6.10 Å².